The summed E-state index contributed by atoms with van der Waals surface area (Å²) in [5.74, 6) is 0.0981. The predicted molar refractivity (Wildman–Crippen MR) is 89.7 cm³/mol. The van der Waals surface area contributed by atoms with Crippen molar-refractivity contribution in [2.75, 3.05) is 0 Å². The topological polar surface area (TPSA) is 46.9 Å². The smallest absolute Gasteiger partial charge is 0.225 e. The van der Waals surface area contributed by atoms with Gasteiger partial charge in [-0.05, 0) is 17.2 Å². The Bertz CT molecular complexity index is 829. The van der Waals surface area contributed by atoms with Crippen molar-refractivity contribution < 1.29 is 9.18 Å². The summed E-state index contributed by atoms with van der Waals surface area (Å²) < 4.78 is 15.6. The lowest BCUT2D eigenvalue weighted by molar-refractivity contribution is -0.121. The molecule has 0 radical (unpaired) electrons. The van der Waals surface area contributed by atoms with Crippen LogP contribution in [-0.2, 0) is 18.3 Å². The number of rotatable bonds is 5. The molecule has 4 nitrogen and oxygen atoms in total. The quantitative estimate of drug-likeness (QED) is 0.784. The third-order valence-corrected chi connectivity index (χ3v) is 3.86. The van der Waals surface area contributed by atoms with E-state index in [1.165, 1.54) is 6.07 Å². The van der Waals surface area contributed by atoms with Gasteiger partial charge in [0, 0.05) is 19.4 Å². The third kappa shape index (κ3) is 3.51. The van der Waals surface area contributed by atoms with Crippen LogP contribution in [0, 0.1) is 5.82 Å². The van der Waals surface area contributed by atoms with Crippen LogP contribution < -0.4 is 5.32 Å². The number of aromatic nitrogens is 2. The third-order valence-electron chi connectivity index (χ3n) is 3.86. The summed E-state index contributed by atoms with van der Waals surface area (Å²) in [4.78, 5) is 16.8. The van der Waals surface area contributed by atoms with Crippen LogP contribution in [0.3, 0.4) is 0 Å². The SMILES string of the molecule is Cn1ccnc1[C@H](NC(=O)Cc1ccccc1F)c1ccccc1. The molecule has 24 heavy (non-hydrogen) atoms. The molecule has 1 aromatic heterocycles. The first kappa shape index (κ1) is 15.9. The first-order chi connectivity index (χ1) is 11.6. The van der Waals surface area contributed by atoms with Crippen molar-refractivity contribution in [3.05, 3.63) is 89.8 Å². The molecule has 0 spiro atoms. The van der Waals surface area contributed by atoms with Crippen LogP contribution in [0.15, 0.2) is 67.0 Å². The van der Waals surface area contributed by atoms with Crippen molar-refractivity contribution in [3.63, 3.8) is 0 Å². The second-order valence-corrected chi connectivity index (χ2v) is 5.58. The zero-order valence-corrected chi connectivity index (χ0v) is 13.3. The van der Waals surface area contributed by atoms with E-state index in [0.29, 0.717) is 5.56 Å². The van der Waals surface area contributed by atoms with E-state index >= 15 is 0 Å². The molecule has 0 aliphatic carbocycles. The van der Waals surface area contributed by atoms with E-state index in [9.17, 15) is 9.18 Å². The highest BCUT2D eigenvalue weighted by Crippen LogP contribution is 2.20. The highest BCUT2D eigenvalue weighted by molar-refractivity contribution is 5.79. The maximum absolute atomic E-state index is 13.8. The van der Waals surface area contributed by atoms with Crippen LogP contribution in [0.4, 0.5) is 4.39 Å². The largest absolute Gasteiger partial charge is 0.342 e. The number of hydrogen-bond acceptors (Lipinski definition) is 2. The van der Waals surface area contributed by atoms with Gasteiger partial charge in [-0.3, -0.25) is 4.79 Å². The zero-order valence-electron chi connectivity index (χ0n) is 13.3. The van der Waals surface area contributed by atoms with Crippen molar-refractivity contribution in [1.29, 1.82) is 0 Å². The van der Waals surface area contributed by atoms with E-state index in [0.717, 1.165) is 11.4 Å². The van der Waals surface area contributed by atoms with Gasteiger partial charge in [-0.25, -0.2) is 9.37 Å². The molecule has 1 heterocycles. The number of nitrogens with one attached hydrogen (secondary N) is 1. The average Bonchev–Trinajstić information content (AvgIpc) is 3.01. The second kappa shape index (κ2) is 7.08. The molecule has 0 fully saturated rings. The van der Waals surface area contributed by atoms with Crippen LogP contribution in [0.25, 0.3) is 0 Å². The molecule has 1 amide bonds. The number of hydrogen-bond donors (Lipinski definition) is 1. The molecule has 0 bridgehead atoms. The van der Waals surface area contributed by atoms with Crippen LogP contribution in [0.5, 0.6) is 0 Å². The first-order valence-electron chi connectivity index (χ1n) is 7.70. The average molecular weight is 323 g/mol. The number of halogens is 1. The molecule has 2 aromatic carbocycles. The number of nitrogens with zero attached hydrogens (tertiary/aromatic N) is 2. The molecular weight excluding hydrogens is 305 g/mol. The minimum atomic E-state index is -0.384. The molecule has 3 rings (SSSR count). The fourth-order valence-corrected chi connectivity index (χ4v) is 2.62. The Morgan fingerprint density at radius 3 is 2.54 bits per heavy atom. The molecule has 0 saturated carbocycles. The summed E-state index contributed by atoms with van der Waals surface area (Å²) in [6.07, 6.45) is 3.50. The standard InChI is InChI=1S/C19H18FN3O/c1-23-12-11-21-19(23)18(14-7-3-2-4-8-14)22-17(24)13-15-9-5-6-10-16(15)20/h2-12,18H,13H2,1H3,(H,22,24)/t18-/m1/s1. The minimum absolute atomic E-state index is 0.0135. The summed E-state index contributed by atoms with van der Waals surface area (Å²) in [5, 5.41) is 2.96. The summed E-state index contributed by atoms with van der Waals surface area (Å²) in [5.41, 5.74) is 1.30. The Balaban J connectivity index is 1.84. The number of imidazole rings is 1. The van der Waals surface area contributed by atoms with Gasteiger partial charge in [0.2, 0.25) is 5.91 Å². The Kier molecular flexibility index (Phi) is 4.70. The van der Waals surface area contributed by atoms with Crippen molar-refractivity contribution in [1.82, 2.24) is 14.9 Å². The Labute approximate surface area is 140 Å². The molecule has 0 aliphatic rings. The van der Waals surface area contributed by atoms with Gasteiger partial charge in [-0.2, -0.15) is 0 Å². The van der Waals surface area contributed by atoms with Gasteiger partial charge < -0.3 is 9.88 Å². The van der Waals surface area contributed by atoms with Crippen molar-refractivity contribution in [3.8, 4) is 0 Å². The monoisotopic (exact) mass is 323 g/mol. The molecule has 1 atom stereocenters. The molecule has 122 valence electrons. The lowest BCUT2D eigenvalue weighted by Crippen LogP contribution is -2.32. The maximum atomic E-state index is 13.8. The van der Waals surface area contributed by atoms with E-state index in [4.69, 9.17) is 0 Å². The number of carbonyl (C=O) groups is 1. The van der Waals surface area contributed by atoms with Gasteiger partial charge in [0.05, 0.1) is 6.42 Å². The van der Waals surface area contributed by atoms with Gasteiger partial charge in [-0.1, -0.05) is 48.5 Å². The highest BCUT2D eigenvalue weighted by atomic mass is 19.1. The lowest BCUT2D eigenvalue weighted by atomic mass is 10.1. The molecule has 0 unspecified atom stereocenters. The number of benzene rings is 2. The maximum Gasteiger partial charge on any atom is 0.225 e. The summed E-state index contributed by atoms with van der Waals surface area (Å²) in [6, 6.07) is 15.5. The van der Waals surface area contributed by atoms with Crippen molar-refractivity contribution in [2.45, 2.75) is 12.5 Å². The normalized spacial score (nSPS) is 11.9. The van der Waals surface area contributed by atoms with E-state index in [1.54, 1.807) is 24.4 Å². The van der Waals surface area contributed by atoms with Crippen LogP contribution in [0.2, 0.25) is 0 Å². The van der Waals surface area contributed by atoms with Gasteiger partial charge in [-0.15, -0.1) is 0 Å². The second-order valence-electron chi connectivity index (χ2n) is 5.58. The first-order valence-corrected chi connectivity index (χ1v) is 7.70. The fraction of sp³-hybridized carbons (Fsp3) is 0.158. The number of aryl methyl sites for hydroxylation is 1. The number of carbonyl (C=O) groups excluding carboxylic acids is 1. The number of amides is 1. The van der Waals surface area contributed by atoms with Crippen LogP contribution in [-0.4, -0.2) is 15.5 Å². The molecule has 3 aromatic rings. The Morgan fingerprint density at radius 1 is 1.17 bits per heavy atom. The Hall–Kier alpha value is -2.95. The predicted octanol–water partition coefficient (Wildman–Crippen LogP) is 3.01. The summed E-state index contributed by atoms with van der Waals surface area (Å²) >= 11 is 0. The van der Waals surface area contributed by atoms with E-state index in [2.05, 4.69) is 10.3 Å². The summed E-state index contributed by atoms with van der Waals surface area (Å²) in [6.45, 7) is 0. The molecule has 1 N–H and O–H groups in total. The molecule has 5 heteroatoms. The van der Waals surface area contributed by atoms with E-state index in [1.807, 2.05) is 48.1 Å². The van der Waals surface area contributed by atoms with Gasteiger partial charge in [0.25, 0.3) is 0 Å². The van der Waals surface area contributed by atoms with Crippen molar-refractivity contribution >= 4 is 5.91 Å². The minimum Gasteiger partial charge on any atom is -0.342 e. The molecule has 0 saturated heterocycles. The molecular formula is C19H18FN3O. The Morgan fingerprint density at radius 2 is 1.88 bits per heavy atom. The van der Waals surface area contributed by atoms with Crippen molar-refractivity contribution in [2.24, 2.45) is 7.05 Å². The van der Waals surface area contributed by atoms with Crippen LogP contribution >= 0.6 is 0 Å². The zero-order chi connectivity index (χ0) is 16.9. The highest BCUT2D eigenvalue weighted by Gasteiger charge is 2.21. The van der Waals surface area contributed by atoms with Crippen LogP contribution in [0.1, 0.15) is 23.0 Å². The van der Waals surface area contributed by atoms with E-state index < -0.39 is 0 Å². The van der Waals surface area contributed by atoms with Gasteiger partial charge in [0.15, 0.2) is 0 Å². The fourth-order valence-electron chi connectivity index (χ4n) is 2.62. The van der Waals surface area contributed by atoms with Gasteiger partial charge >= 0.3 is 0 Å². The summed E-state index contributed by atoms with van der Waals surface area (Å²) in [7, 11) is 1.88. The van der Waals surface area contributed by atoms with Gasteiger partial charge in [0.1, 0.15) is 17.7 Å². The lowest BCUT2D eigenvalue weighted by Gasteiger charge is -2.19. The molecule has 0 aliphatic heterocycles. The van der Waals surface area contributed by atoms with E-state index in [-0.39, 0.29) is 24.2 Å².